The smallest absolute Gasteiger partial charge is 0.321 e. The van der Waals surface area contributed by atoms with E-state index in [4.69, 9.17) is 9.47 Å². The summed E-state index contributed by atoms with van der Waals surface area (Å²) in [4.78, 5) is 40.4. The van der Waals surface area contributed by atoms with Gasteiger partial charge in [0.05, 0.1) is 30.4 Å². The molecule has 5 rings (SSSR count). The van der Waals surface area contributed by atoms with Crippen LogP contribution in [0.3, 0.4) is 0 Å². The number of hydrogen-bond acceptors (Lipinski definition) is 6. The van der Waals surface area contributed by atoms with Gasteiger partial charge in [-0.1, -0.05) is 30.3 Å². The number of aromatic nitrogens is 1. The number of nitro benzene ring substituents is 1. The van der Waals surface area contributed by atoms with E-state index >= 15 is 0 Å². The van der Waals surface area contributed by atoms with Crippen molar-refractivity contribution in [3.8, 4) is 28.4 Å². The fourth-order valence-corrected chi connectivity index (χ4v) is 5.09. The summed E-state index contributed by atoms with van der Waals surface area (Å²) in [5, 5.41) is 13.6. The molecule has 42 heavy (non-hydrogen) atoms. The quantitative estimate of drug-likeness (QED) is 0.236. The van der Waals surface area contributed by atoms with Crippen LogP contribution in [0.15, 0.2) is 78.9 Å². The van der Waals surface area contributed by atoms with Crippen molar-refractivity contribution in [2.75, 3.05) is 45.7 Å². The number of ether oxygens (including phenoxy) is 2. The van der Waals surface area contributed by atoms with E-state index in [0.717, 1.165) is 22.6 Å². The van der Waals surface area contributed by atoms with Crippen LogP contribution in [0.2, 0.25) is 0 Å². The molecule has 1 fully saturated rings. The third-order valence-corrected chi connectivity index (χ3v) is 7.36. The van der Waals surface area contributed by atoms with E-state index in [-0.39, 0.29) is 17.6 Å². The molecule has 0 unspecified atom stereocenters. The second kappa shape index (κ2) is 12.0. The number of amides is 3. The molecule has 216 valence electrons. The lowest BCUT2D eigenvalue weighted by Crippen LogP contribution is -2.51. The number of rotatable bonds is 7. The van der Waals surface area contributed by atoms with E-state index in [9.17, 15) is 19.7 Å². The van der Waals surface area contributed by atoms with E-state index in [1.807, 2.05) is 66.1 Å². The molecule has 1 aromatic heterocycles. The van der Waals surface area contributed by atoms with Crippen molar-refractivity contribution in [3.63, 3.8) is 0 Å². The Morgan fingerprint density at radius 1 is 0.833 bits per heavy atom. The standard InChI is InChI=1S/C31H31N5O6/c1-21-26(20-27(22-7-5-4-6-8-22)35(21)25-13-14-28(41-2)29(19-25)42-3)30(37)33-15-17-34(18-16-33)31(38)32-23-9-11-24(12-10-23)36(39)40/h4-14,19-20H,15-18H2,1-3H3,(H,32,38). The van der Waals surface area contributed by atoms with Gasteiger partial charge in [-0.15, -0.1) is 0 Å². The number of nitrogens with one attached hydrogen (secondary N) is 1. The summed E-state index contributed by atoms with van der Waals surface area (Å²) in [7, 11) is 3.17. The predicted molar refractivity (Wildman–Crippen MR) is 159 cm³/mol. The van der Waals surface area contributed by atoms with Crippen molar-refractivity contribution < 1.29 is 24.0 Å². The molecule has 11 nitrogen and oxygen atoms in total. The van der Waals surface area contributed by atoms with Gasteiger partial charge in [0.15, 0.2) is 11.5 Å². The first-order chi connectivity index (χ1) is 20.3. The third kappa shape index (κ3) is 5.62. The number of carbonyl (C=O) groups excluding carboxylic acids is 2. The summed E-state index contributed by atoms with van der Waals surface area (Å²) in [6.45, 7) is 3.36. The Kier molecular flexibility index (Phi) is 8.09. The summed E-state index contributed by atoms with van der Waals surface area (Å²) in [6.07, 6.45) is 0. The number of urea groups is 1. The molecule has 0 aliphatic carbocycles. The Balaban J connectivity index is 1.35. The maximum atomic E-state index is 13.8. The van der Waals surface area contributed by atoms with Gasteiger partial charge in [0.1, 0.15) is 0 Å². The van der Waals surface area contributed by atoms with Gasteiger partial charge in [0.25, 0.3) is 11.6 Å². The topological polar surface area (TPSA) is 119 Å². The van der Waals surface area contributed by atoms with Crippen LogP contribution in [-0.2, 0) is 0 Å². The lowest BCUT2D eigenvalue weighted by molar-refractivity contribution is -0.384. The highest BCUT2D eigenvalue weighted by molar-refractivity contribution is 5.98. The largest absolute Gasteiger partial charge is 0.493 e. The molecule has 0 bridgehead atoms. The fraction of sp³-hybridized carbons (Fsp3) is 0.226. The Labute approximate surface area is 243 Å². The van der Waals surface area contributed by atoms with Crippen molar-refractivity contribution in [1.29, 1.82) is 0 Å². The Bertz CT molecular complexity index is 1610. The van der Waals surface area contributed by atoms with Gasteiger partial charge in [-0.05, 0) is 42.8 Å². The maximum Gasteiger partial charge on any atom is 0.321 e. The highest BCUT2D eigenvalue weighted by Gasteiger charge is 2.28. The van der Waals surface area contributed by atoms with Gasteiger partial charge in [0, 0.05) is 61.4 Å². The number of carbonyl (C=O) groups is 2. The van der Waals surface area contributed by atoms with Crippen molar-refractivity contribution in [2.45, 2.75) is 6.92 Å². The summed E-state index contributed by atoms with van der Waals surface area (Å²) in [6, 6.07) is 22.8. The molecule has 1 N–H and O–H groups in total. The Morgan fingerprint density at radius 2 is 1.48 bits per heavy atom. The summed E-state index contributed by atoms with van der Waals surface area (Å²) in [5.41, 5.74) is 4.43. The van der Waals surface area contributed by atoms with Crippen LogP contribution < -0.4 is 14.8 Å². The number of hydrogen-bond donors (Lipinski definition) is 1. The van der Waals surface area contributed by atoms with Crippen LogP contribution in [0.4, 0.5) is 16.2 Å². The van der Waals surface area contributed by atoms with Gasteiger partial charge in [-0.2, -0.15) is 0 Å². The molecule has 1 aliphatic heterocycles. The molecule has 3 aromatic carbocycles. The molecule has 2 heterocycles. The van der Waals surface area contributed by atoms with Crippen molar-refractivity contribution in [2.24, 2.45) is 0 Å². The van der Waals surface area contributed by atoms with E-state index in [2.05, 4.69) is 5.32 Å². The average Bonchev–Trinajstić information content (AvgIpc) is 3.37. The number of nitro groups is 1. The number of piperazine rings is 1. The first-order valence-electron chi connectivity index (χ1n) is 13.4. The van der Waals surface area contributed by atoms with Crippen molar-refractivity contribution in [1.82, 2.24) is 14.4 Å². The molecule has 1 aliphatic rings. The Hall–Kier alpha value is -5.32. The molecule has 3 amide bonds. The van der Waals surface area contributed by atoms with E-state index in [1.54, 1.807) is 24.0 Å². The van der Waals surface area contributed by atoms with Crippen molar-refractivity contribution >= 4 is 23.3 Å². The highest BCUT2D eigenvalue weighted by atomic mass is 16.6. The number of methoxy groups -OCH3 is 2. The first-order valence-corrected chi connectivity index (χ1v) is 13.4. The van der Waals surface area contributed by atoms with Crippen LogP contribution >= 0.6 is 0 Å². The minimum Gasteiger partial charge on any atom is -0.493 e. The minimum atomic E-state index is -0.492. The summed E-state index contributed by atoms with van der Waals surface area (Å²) >= 11 is 0. The predicted octanol–water partition coefficient (Wildman–Crippen LogP) is 5.37. The molecule has 11 heteroatoms. The minimum absolute atomic E-state index is 0.0502. The zero-order chi connectivity index (χ0) is 29.8. The molecule has 0 saturated carbocycles. The molecular weight excluding hydrogens is 538 g/mol. The molecule has 0 radical (unpaired) electrons. The summed E-state index contributed by atoms with van der Waals surface area (Å²) in [5.74, 6) is 1.08. The van der Waals surface area contributed by atoms with E-state index < -0.39 is 4.92 Å². The zero-order valence-electron chi connectivity index (χ0n) is 23.6. The van der Waals surface area contributed by atoms with E-state index in [0.29, 0.717) is 48.9 Å². The van der Waals surface area contributed by atoms with Crippen LogP contribution in [-0.4, -0.2) is 71.6 Å². The number of anilines is 1. The summed E-state index contributed by atoms with van der Waals surface area (Å²) < 4.78 is 13.0. The fourth-order valence-electron chi connectivity index (χ4n) is 5.09. The molecule has 1 saturated heterocycles. The number of nitrogens with zero attached hydrogens (tertiary/aromatic N) is 4. The van der Waals surface area contributed by atoms with Crippen molar-refractivity contribution in [3.05, 3.63) is 100 Å². The zero-order valence-corrected chi connectivity index (χ0v) is 23.6. The number of non-ortho nitro benzene ring substituents is 1. The van der Waals surface area contributed by atoms with Crippen LogP contribution in [0.25, 0.3) is 16.9 Å². The van der Waals surface area contributed by atoms with Gasteiger partial charge in [0.2, 0.25) is 0 Å². The lowest BCUT2D eigenvalue weighted by Gasteiger charge is -2.34. The lowest BCUT2D eigenvalue weighted by atomic mass is 10.1. The molecule has 0 atom stereocenters. The van der Waals surface area contributed by atoms with Gasteiger partial charge < -0.3 is 29.2 Å². The van der Waals surface area contributed by atoms with Gasteiger partial charge in [-0.3, -0.25) is 14.9 Å². The van der Waals surface area contributed by atoms with E-state index in [1.165, 1.54) is 24.3 Å². The second-order valence-electron chi connectivity index (χ2n) is 9.78. The SMILES string of the molecule is COc1ccc(-n2c(-c3ccccc3)cc(C(=O)N3CCN(C(=O)Nc4ccc([N+](=O)[O-])cc4)CC3)c2C)cc1OC. The average molecular weight is 570 g/mol. The maximum absolute atomic E-state index is 13.8. The van der Waals surface area contributed by atoms with Crippen LogP contribution in [0.5, 0.6) is 11.5 Å². The van der Waals surface area contributed by atoms with Crippen LogP contribution in [0, 0.1) is 17.0 Å². The van der Waals surface area contributed by atoms with Crippen LogP contribution in [0.1, 0.15) is 16.1 Å². The molecule has 0 spiro atoms. The molecule has 4 aromatic rings. The Morgan fingerprint density at radius 3 is 2.10 bits per heavy atom. The van der Waals surface area contributed by atoms with Gasteiger partial charge in [-0.25, -0.2) is 4.79 Å². The first kappa shape index (κ1) is 28.2. The monoisotopic (exact) mass is 569 g/mol. The second-order valence-corrected chi connectivity index (χ2v) is 9.78. The highest BCUT2D eigenvalue weighted by Crippen LogP contribution is 2.35. The number of benzene rings is 3. The van der Waals surface area contributed by atoms with Gasteiger partial charge >= 0.3 is 6.03 Å². The molecular formula is C31H31N5O6. The normalized spacial score (nSPS) is 13.0. The third-order valence-electron chi connectivity index (χ3n) is 7.36.